The summed E-state index contributed by atoms with van der Waals surface area (Å²) in [5.74, 6) is 3.18. The van der Waals surface area contributed by atoms with Crippen LogP contribution in [0.15, 0.2) is 30.0 Å². The van der Waals surface area contributed by atoms with Gasteiger partial charge in [0.1, 0.15) is 12.0 Å². The standard InChI is InChI=1S/C27H33ClFIN4O2/c28-26-31-19(12-18-13-21(18)17-5-11-36-16-17)14-24(32-26)33-9-7-27(8-10-33)6-1-2-25(35)34(27)20-3-4-22(29)23(30)15-20/h3-4,14-15,17-18,21-23H,1-2,5-13,16H2. The minimum absolute atomic E-state index is 0.158. The number of hydrogen-bond acceptors (Lipinski definition) is 5. The van der Waals surface area contributed by atoms with Crippen LogP contribution in [0.4, 0.5) is 10.2 Å². The van der Waals surface area contributed by atoms with Crippen molar-refractivity contribution >= 4 is 45.9 Å². The number of ether oxygens (including phenoxy) is 1. The maximum atomic E-state index is 14.1. The highest BCUT2D eigenvalue weighted by atomic mass is 127. The van der Waals surface area contributed by atoms with Crippen LogP contribution in [-0.4, -0.2) is 62.7 Å². The molecule has 1 aromatic heterocycles. The van der Waals surface area contributed by atoms with Crippen LogP contribution in [0, 0.1) is 17.8 Å². The maximum Gasteiger partial charge on any atom is 0.227 e. The first-order valence-electron chi connectivity index (χ1n) is 13.3. The van der Waals surface area contributed by atoms with Gasteiger partial charge < -0.3 is 14.5 Å². The molecular weight excluding hydrogens is 594 g/mol. The first-order chi connectivity index (χ1) is 17.4. The highest BCUT2D eigenvalue weighted by Gasteiger charge is 2.47. The average molecular weight is 627 g/mol. The summed E-state index contributed by atoms with van der Waals surface area (Å²) in [6.07, 6.45) is 11.9. The van der Waals surface area contributed by atoms with E-state index >= 15 is 0 Å². The Morgan fingerprint density at radius 3 is 2.83 bits per heavy atom. The van der Waals surface area contributed by atoms with Gasteiger partial charge in [-0.2, -0.15) is 0 Å². The number of nitrogens with zero attached hydrogens (tertiary/aromatic N) is 4. The Kier molecular flexibility index (Phi) is 7.05. The third kappa shape index (κ3) is 4.94. The van der Waals surface area contributed by atoms with Crippen LogP contribution in [0.1, 0.15) is 50.6 Å². The number of rotatable bonds is 5. The van der Waals surface area contributed by atoms with E-state index in [1.165, 1.54) is 12.8 Å². The summed E-state index contributed by atoms with van der Waals surface area (Å²) in [6.45, 7) is 3.42. The zero-order valence-electron chi connectivity index (χ0n) is 20.4. The smallest absolute Gasteiger partial charge is 0.227 e. The van der Waals surface area contributed by atoms with E-state index in [0.717, 1.165) is 81.5 Å². The van der Waals surface area contributed by atoms with Crippen molar-refractivity contribution in [2.24, 2.45) is 17.8 Å². The molecule has 1 aromatic rings. The van der Waals surface area contributed by atoms with Gasteiger partial charge in [0.25, 0.3) is 0 Å². The van der Waals surface area contributed by atoms with Gasteiger partial charge in [-0.25, -0.2) is 14.4 Å². The lowest BCUT2D eigenvalue weighted by molar-refractivity contribution is -0.139. The molecule has 5 atom stereocenters. The summed E-state index contributed by atoms with van der Waals surface area (Å²) >= 11 is 8.50. The van der Waals surface area contributed by atoms with E-state index in [1.54, 1.807) is 12.2 Å². The minimum atomic E-state index is -0.999. The number of aromatic nitrogens is 2. The van der Waals surface area contributed by atoms with Crippen molar-refractivity contribution in [1.29, 1.82) is 0 Å². The summed E-state index contributed by atoms with van der Waals surface area (Å²) in [6, 6.07) is 2.11. The van der Waals surface area contributed by atoms with Crippen molar-refractivity contribution in [2.75, 3.05) is 31.2 Å². The molecule has 3 saturated heterocycles. The molecule has 4 fully saturated rings. The molecule has 6 nitrogen and oxygen atoms in total. The van der Waals surface area contributed by atoms with Crippen LogP contribution in [0.2, 0.25) is 5.28 Å². The predicted octanol–water partition coefficient (Wildman–Crippen LogP) is 5.29. The Morgan fingerprint density at radius 2 is 2.08 bits per heavy atom. The van der Waals surface area contributed by atoms with Crippen molar-refractivity contribution in [2.45, 2.75) is 67.0 Å². The third-order valence-corrected chi connectivity index (χ3v) is 10.1. The van der Waals surface area contributed by atoms with E-state index in [4.69, 9.17) is 16.3 Å². The van der Waals surface area contributed by atoms with E-state index in [1.807, 2.05) is 11.0 Å². The molecule has 1 saturated carbocycles. The van der Waals surface area contributed by atoms with E-state index in [9.17, 15) is 9.18 Å². The van der Waals surface area contributed by atoms with Gasteiger partial charge in [-0.05, 0) is 92.5 Å². The van der Waals surface area contributed by atoms with E-state index < -0.39 is 6.17 Å². The summed E-state index contributed by atoms with van der Waals surface area (Å²) < 4.78 is 19.4. The number of halogens is 3. The summed E-state index contributed by atoms with van der Waals surface area (Å²) in [5.41, 5.74) is 1.67. The van der Waals surface area contributed by atoms with Gasteiger partial charge in [0.05, 0.1) is 9.46 Å². The lowest BCUT2D eigenvalue weighted by Gasteiger charge is -2.52. The maximum absolute atomic E-state index is 14.1. The monoisotopic (exact) mass is 626 g/mol. The molecule has 0 aromatic carbocycles. The highest BCUT2D eigenvalue weighted by molar-refractivity contribution is 14.1. The molecule has 0 N–H and O–H groups in total. The van der Waals surface area contributed by atoms with Crippen LogP contribution in [0.3, 0.4) is 0 Å². The van der Waals surface area contributed by atoms with Crippen LogP contribution in [0.5, 0.6) is 0 Å². The molecule has 1 spiro atoms. The average Bonchev–Trinajstić information content (AvgIpc) is 3.39. The highest BCUT2D eigenvalue weighted by Crippen LogP contribution is 2.49. The number of hydrogen-bond donors (Lipinski definition) is 0. The van der Waals surface area contributed by atoms with Gasteiger partial charge in [-0.1, -0.05) is 22.6 Å². The molecule has 0 radical (unpaired) electrons. The van der Waals surface area contributed by atoms with Gasteiger partial charge in [-0.15, -0.1) is 0 Å². The zero-order chi connectivity index (χ0) is 24.9. The lowest BCUT2D eigenvalue weighted by Crippen LogP contribution is -2.59. The molecule has 2 aliphatic carbocycles. The van der Waals surface area contributed by atoms with Gasteiger partial charge in [0.15, 0.2) is 0 Å². The van der Waals surface area contributed by atoms with Gasteiger partial charge in [-0.3, -0.25) is 4.79 Å². The fourth-order valence-corrected chi connectivity index (χ4v) is 7.62. The molecule has 0 bridgehead atoms. The van der Waals surface area contributed by atoms with Gasteiger partial charge in [0, 0.05) is 50.2 Å². The van der Waals surface area contributed by atoms with Crippen LogP contribution in [-0.2, 0) is 16.0 Å². The summed E-state index contributed by atoms with van der Waals surface area (Å²) in [5, 5.41) is 0.310. The lowest BCUT2D eigenvalue weighted by atomic mass is 9.77. The number of piperidine rings is 2. The van der Waals surface area contributed by atoms with Gasteiger partial charge in [0.2, 0.25) is 11.2 Å². The summed E-state index contributed by atoms with van der Waals surface area (Å²) in [4.78, 5) is 26.5. The molecule has 5 unspecified atom stereocenters. The first kappa shape index (κ1) is 25.0. The normalized spacial score (nSPS) is 33.8. The van der Waals surface area contributed by atoms with Crippen molar-refractivity contribution in [1.82, 2.24) is 14.9 Å². The Labute approximate surface area is 230 Å². The predicted molar refractivity (Wildman–Crippen MR) is 146 cm³/mol. The molecule has 36 heavy (non-hydrogen) atoms. The first-order valence-corrected chi connectivity index (χ1v) is 14.9. The molecular formula is C27H33ClFIN4O2. The quantitative estimate of drug-likeness (QED) is 0.253. The third-order valence-electron chi connectivity index (χ3n) is 8.88. The number of carbonyl (C=O) groups excluding carboxylic acids is 1. The Bertz CT molecular complexity index is 1070. The molecule has 6 rings (SSSR count). The zero-order valence-corrected chi connectivity index (χ0v) is 23.3. The van der Waals surface area contributed by atoms with Crippen molar-refractivity contribution in [3.63, 3.8) is 0 Å². The number of allylic oxidation sites excluding steroid dienone is 3. The number of carbonyl (C=O) groups is 1. The minimum Gasteiger partial charge on any atom is -0.381 e. The van der Waals surface area contributed by atoms with E-state index in [-0.39, 0.29) is 15.4 Å². The number of likely N-dealkylation sites (tertiary alicyclic amines) is 1. The van der Waals surface area contributed by atoms with Crippen molar-refractivity contribution in [3.05, 3.63) is 41.0 Å². The molecule has 9 heteroatoms. The Hall–Kier alpha value is -1.26. The van der Waals surface area contributed by atoms with Crippen LogP contribution < -0.4 is 4.90 Å². The SMILES string of the molecule is O=C1CCCC2(CCN(c3cc(CC4CC4C4CCOC4)nc(Cl)n3)CC2)N1C1=CC(I)C(F)C=C1. The molecule has 5 aliphatic rings. The van der Waals surface area contributed by atoms with Crippen molar-refractivity contribution in [3.8, 4) is 0 Å². The van der Waals surface area contributed by atoms with Crippen molar-refractivity contribution < 1.29 is 13.9 Å². The Balaban J connectivity index is 1.15. The topological polar surface area (TPSA) is 58.6 Å². The number of amides is 1. The summed E-state index contributed by atoms with van der Waals surface area (Å²) in [7, 11) is 0. The molecule has 194 valence electrons. The molecule has 4 heterocycles. The molecule has 1 amide bonds. The van der Waals surface area contributed by atoms with Gasteiger partial charge >= 0.3 is 0 Å². The molecule has 3 aliphatic heterocycles. The Morgan fingerprint density at radius 1 is 1.25 bits per heavy atom. The van der Waals surface area contributed by atoms with E-state index in [0.29, 0.717) is 23.5 Å². The van der Waals surface area contributed by atoms with Crippen LogP contribution >= 0.6 is 34.2 Å². The van der Waals surface area contributed by atoms with E-state index in [2.05, 4.69) is 43.5 Å². The second-order valence-electron chi connectivity index (χ2n) is 11.1. The van der Waals surface area contributed by atoms with Crippen LogP contribution in [0.25, 0.3) is 0 Å². The largest absolute Gasteiger partial charge is 0.381 e. The second kappa shape index (κ2) is 10.1. The second-order valence-corrected chi connectivity index (χ2v) is 12.9. The fourth-order valence-electron chi connectivity index (χ4n) is 6.82. The number of anilines is 1. The number of alkyl halides is 2. The fraction of sp³-hybridized carbons (Fsp3) is 0.667.